The number of para-hydroxylation sites is 2. The molecule has 0 spiro atoms. The van der Waals surface area contributed by atoms with E-state index in [0.29, 0.717) is 138 Å². The summed E-state index contributed by atoms with van der Waals surface area (Å²) in [7, 11) is 0. The van der Waals surface area contributed by atoms with Crippen molar-refractivity contribution in [1.29, 1.82) is 0 Å². The van der Waals surface area contributed by atoms with Gasteiger partial charge < -0.3 is 48.5 Å². The molecule has 14 heteroatoms. The quantitative estimate of drug-likeness (QED) is 0.0549. The van der Waals surface area contributed by atoms with Crippen molar-refractivity contribution in [3.8, 4) is 23.0 Å². The Labute approximate surface area is 455 Å². The molecular weight excluding hydrogens is 989 g/mol. The van der Waals surface area contributed by atoms with Gasteiger partial charge in [0.25, 0.3) is 11.8 Å². The van der Waals surface area contributed by atoms with Crippen molar-refractivity contribution in [2.24, 2.45) is 0 Å². The van der Waals surface area contributed by atoms with Gasteiger partial charge in [-0.3, -0.25) is 19.2 Å². The second-order valence-electron chi connectivity index (χ2n) is 19.1. The number of amides is 2. The molecule has 1 aliphatic carbocycles. The van der Waals surface area contributed by atoms with Gasteiger partial charge in [-0.15, -0.1) is 0 Å². The van der Waals surface area contributed by atoms with E-state index in [1.807, 2.05) is 113 Å². The van der Waals surface area contributed by atoms with Crippen molar-refractivity contribution in [2.75, 3.05) is 92.4 Å². The molecule has 406 valence electrons. The van der Waals surface area contributed by atoms with Crippen LogP contribution >= 0.6 is 0 Å². The molecule has 2 aliphatic rings. The molecular formula is C64H68N2O12. The van der Waals surface area contributed by atoms with Crippen LogP contribution in [0.5, 0.6) is 23.0 Å². The van der Waals surface area contributed by atoms with Crippen molar-refractivity contribution < 1.29 is 57.1 Å². The van der Waals surface area contributed by atoms with E-state index in [-0.39, 0.29) is 70.3 Å². The third kappa shape index (κ3) is 13.0. The van der Waals surface area contributed by atoms with Gasteiger partial charge in [0.15, 0.2) is 11.6 Å². The summed E-state index contributed by atoms with van der Waals surface area (Å²) in [5.74, 6) is 0.790. The molecule has 1 heterocycles. The smallest absolute Gasteiger partial charge is 0.251 e. The maximum atomic E-state index is 14.8. The fraction of sp³-hybridized carbons (Fsp3) is 0.344. The first-order valence-electron chi connectivity index (χ1n) is 27.1. The second-order valence-corrected chi connectivity index (χ2v) is 19.1. The van der Waals surface area contributed by atoms with Crippen LogP contribution in [0.3, 0.4) is 0 Å². The van der Waals surface area contributed by atoms with Crippen LogP contribution in [0, 0.1) is 0 Å². The highest BCUT2D eigenvalue weighted by molar-refractivity contribution is 6.17. The molecule has 7 aromatic rings. The maximum absolute atomic E-state index is 14.8. The van der Waals surface area contributed by atoms with Crippen LogP contribution in [-0.2, 0) is 44.6 Å². The van der Waals surface area contributed by atoms with Crippen molar-refractivity contribution in [2.45, 2.75) is 53.4 Å². The summed E-state index contributed by atoms with van der Waals surface area (Å²) in [6.07, 6.45) is 1.05. The molecule has 1 aliphatic heterocycles. The van der Waals surface area contributed by atoms with Crippen LogP contribution < -0.4 is 29.6 Å². The number of carbonyl (C=O) groups is 4. The Hall–Kier alpha value is -7.62. The largest absolute Gasteiger partial charge is 0.491 e. The van der Waals surface area contributed by atoms with E-state index in [1.165, 1.54) is 0 Å². The number of nitrogens with one attached hydrogen (secondary N) is 2. The average Bonchev–Trinajstić information content (AvgIpc) is 3.46. The molecule has 0 aromatic heterocycles. The number of hydrogen-bond acceptors (Lipinski definition) is 12. The lowest BCUT2D eigenvalue weighted by Crippen LogP contribution is -2.30. The first-order valence-corrected chi connectivity index (χ1v) is 27.1. The summed E-state index contributed by atoms with van der Waals surface area (Å²) in [5.41, 5.74) is 7.41. The first-order chi connectivity index (χ1) is 38.2. The van der Waals surface area contributed by atoms with E-state index < -0.39 is 11.8 Å². The van der Waals surface area contributed by atoms with Gasteiger partial charge in [-0.2, -0.15) is 0 Å². The predicted molar refractivity (Wildman–Crippen MR) is 300 cm³/mol. The van der Waals surface area contributed by atoms with Gasteiger partial charge in [-0.05, 0) is 130 Å². The van der Waals surface area contributed by atoms with Gasteiger partial charge in [-0.1, -0.05) is 72.8 Å². The lowest BCUT2D eigenvalue weighted by molar-refractivity contribution is 0.0904. The van der Waals surface area contributed by atoms with Gasteiger partial charge in [0, 0.05) is 74.4 Å². The summed E-state index contributed by atoms with van der Waals surface area (Å²) < 4.78 is 50.2. The standard InChI is InChI=1S/C64H68N2O12/c1-5-71-21-25-75-59-43-15-9-17-45(59)31-47-34-51-36-49(61(47)77-27-23-73-7-3)33-50-37-52(35-48(62(50)78-28-24-74-8-4)32-46-18-10-16-44(30-43)60(46)76-26-22-72-6-2)64(70)66-40-58(68)54-20-12-14-42-29-41-13-11-19-53(55(41)38-56(42)54)57(67)39-65-63(51)69/h9-20,29,34-38H,5-8,21-28,30-33,39-40H2,1-4H3,(H,65,69)(H,66,70). The minimum absolute atomic E-state index is 0.113. The van der Waals surface area contributed by atoms with E-state index in [9.17, 15) is 19.2 Å². The molecule has 0 radical (unpaired) electrons. The van der Waals surface area contributed by atoms with Crippen LogP contribution in [0.2, 0.25) is 0 Å². The highest BCUT2D eigenvalue weighted by Gasteiger charge is 2.27. The van der Waals surface area contributed by atoms with Crippen LogP contribution in [-0.4, -0.2) is 116 Å². The first kappa shape index (κ1) is 55.1. The lowest BCUT2D eigenvalue weighted by atomic mass is 9.89. The van der Waals surface area contributed by atoms with Gasteiger partial charge in [0.05, 0.1) is 39.5 Å². The van der Waals surface area contributed by atoms with Crippen LogP contribution in [0.1, 0.15) is 114 Å². The SMILES string of the molecule is CCOCCOc1c2cccc1Cc1cc3cc(c1OCCOCC)Cc1cc(cc(c1OCCOCC)Cc1cccc(c1OCCOCC)C2)C(=O)NCC(=O)c1cccc2cc4cccc(c4cc12)C(=O)CNC3=O. The molecule has 2 N–H and O–H groups in total. The Morgan fingerprint density at radius 3 is 1.01 bits per heavy atom. The van der Waals surface area contributed by atoms with E-state index in [0.717, 1.165) is 33.0 Å². The molecule has 78 heavy (non-hydrogen) atoms. The fourth-order valence-corrected chi connectivity index (χ4v) is 10.3. The third-order valence-corrected chi connectivity index (χ3v) is 13.9. The Bertz CT molecular complexity index is 3100. The van der Waals surface area contributed by atoms with Gasteiger partial charge in [0.1, 0.15) is 49.4 Å². The number of Topliss-reactive ketones (excluding diaryl/α,β-unsaturated/α-hetero) is 2. The summed E-state index contributed by atoms with van der Waals surface area (Å²) in [4.78, 5) is 58.4. The zero-order valence-electron chi connectivity index (χ0n) is 45.0. The van der Waals surface area contributed by atoms with Crippen LogP contribution in [0.15, 0.2) is 109 Å². The Morgan fingerprint density at radius 1 is 0.359 bits per heavy atom. The van der Waals surface area contributed by atoms with E-state index in [4.69, 9.17) is 37.9 Å². The lowest BCUT2D eigenvalue weighted by Gasteiger charge is -2.24. The number of fused-ring (bicyclic) bond motifs is 8. The zero-order valence-corrected chi connectivity index (χ0v) is 45.0. The summed E-state index contributed by atoms with van der Waals surface area (Å²) in [6.45, 7) is 11.4. The van der Waals surface area contributed by atoms with Gasteiger partial charge in [0.2, 0.25) is 0 Å². The number of benzene rings is 7. The van der Waals surface area contributed by atoms with Crippen LogP contribution in [0.25, 0.3) is 21.5 Å². The molecule has 9 rings (SSSR count). The minimum Gasteiger partial charge on any atom is -0.491 e. The van der Waals surface area contributed by atoms with Crippen molar-refractivity contribution in [3.05, 3.63) is 176 Å². The molecule has 14 nitrogen and oxygen atoms in total. The average molecular weight is 1060 g/mol. The number of ketones is 2. The van der Waals surface area contributed by atoms with E-state index >= 15 is 0 Å². The highest BCUT2D eigenvalue weighted by Crippen LogP contribution is 2.40. The maximum Gasteiger partial charge on any atom is 0.251 e. The molecule has 0 atom stereocenters. The number of hydrogen-bond donors (Lipinski definition) is 2. The summed E-state index contributed by atoms with van der Waals surface area (Å²) in [6, 6.07) is 34.0. The molecule has 0 unspecified atom stereocenters. The van der Waals surface area contributed by atoms with Crippen molar-refractivity contribution in [1.82, 2.24) is 10.6 Å². The minimum atomic E-state index is -0.478. The topological polar surface area (TPSA) is 166 Å². The van der Waals surface area contributed by atoms with E-state index in [1.54, 1.807) is 24.3 Å². The van der Waals surface area contributed by atoms with E-state index in [2.05, 4.69) is 10.6 Å². The Balaban J connectivity index is 1.29. The molecule has 12 bridgehead atoms. The van der Waals surface area contributed by atoms with Crippen molar-refractivity contribution >= 4 is 44.9 Å². The predicted octanol–water partition coefficient (Wildman–Crippen LogP) is 9.87. The summed E-state index contributed by atoms with van der Waals surface area (Å²) in [5, 5.41) is 8.77. The van der Waals surface area contributed by atoms with Gasteiger partial charge in [-0.25, -0.2) is 0 Å². The summed E-state index contributed by atoms with van der Waals surface area (Å²) >= 11 is 0. The zero-order chi connectivity index (χ0) is 54.4. The molecule has 2 amide bonds. The molecule has 7 aromatic carbocycles. The van der Waals surface area contributed by atoms with Gasteiger partial charge >= 0.3 is 0 Å². The molecule has 0 saturated carbocycles. The number of ether oxygens (including phenoxy) is 8. The molecule has 0 fully saturated rings. The Kier molecular flexibility index (Phi) is 18.8. The monoisotopic (exact) mass is 1060 g/mol. The third-order valence-electron chi connectivity index (χ3n) is 13.9. The van der Waals surface area contributed by atoms with Crippen molar-refractivity contribution in [3.63, 3.8) is 0 Å². The fourth-order valence-electron chi connectivity index (χ4n) is 10.3. The van der Waals surface area contributed by atoms with Crippen LogP contribution in [0.4, 0.5) is 0 Å². The highest BCUT2D eigenvalue weighted by atomic mass is 16.5. The second kappa shape index (κ2) is 26.6. The molecule has 0 saturated heterocycles. The number of rotatable bonds is 20. The normalized spacial score (nSPS) is 13.7. The number of carbonyl (C=O) groups excluding carboxylic acids is 4. The Morgan fingerprint density at radius 2 is 0.667 bits per heavy atom.